The topological polar surface area (TPSA) is 17.8 Å². The van der Waals surface area contributed by atoms with Gasteiger partial charge in [-0.05, 0) is 19.3 Å². The van der Waals surface area contributed by atoms with Crippen LogP contribution in [0.3, 0.4) is 0 Å². The van der Waals surface area contributed by atoms with E-state index in [0.29, 0.717) is 0 Å². The van der Waals surface area contributed by atoms with Gasteiger partial charge in [-0.2, -0.15) is 0 Å². The predicted octanol–water partition coefficient (Wildman–Crippen LogP) is 1.78. The molecule has 2 heteroatoms. The van der Waals surface area contributed by atoms with Crippen LogP contribution in [0.2, 0.25) is 0 Å². The SMILES string of the molecule is CCc1cnc2n1CCCC2. The maximum absolute atomic E-state index is 4.39. The van der Waals surface area contributed by atoms with Crippen LogP contribution in [-0.2, 0) is 19.4 Å². The van der Waals surface area contributed by atoms with Gasteiger partial charge in [0.25, 0.3) is 0 Å². The van der Waals surface area contributed by atoms with Crippen LogP contribution in [0.15, 0.2) is 6.20 Å². The maximum atomic E-state index is 4.39. The summed E-state index contributed by atoms with van der Waals surface area (Å²) in [6.45, 7) is 3.39. The molecule has 0 aliphatic carbocycles. The van der Waals surface area contributed by atoms with Crippen molar-refractivity contribution in [1.29, 1.82) is 0 Å². The highest BCUT2D eigenvalue weighted by atomic mass is 15.1. The molecule has 2 rings (SSSR count). The van der Waals surface area contributed by atoms with E-state index in [0.717, 1.165) is 6.42 Å². The van der Waals surface area contributed by atoms with Crippen molar-refractivity contribution in [2.24, 2.45) is 0 Å². The summed E-state index contributed by atoms with van der Waals surface area (Å²) in [7, 11) is 0. The second-order valence-corrected chi connectivity index (χ2v) is 3.13. The number of fused-ring (bicyclic) bond motifs is 1. The molecule has 0 radical (unpaired) electrons. The van der Waals surface area contributed by atoms with Crippen LogP contribution in [0.4, 0.5) is 0 Å². The van der Waals surface area contributed by atoms with E-state index >= 15 is 0 Å². The molecule has 0 atom stereocenters. The monoisotopic (exact) mass is 150 g/mol. The fraction of sp³-hybridized carbons (Fsp3) is 0.667. The molecule has 2 heterocycles. The first kappa shape index (κ1) is 6.89. The Bertz CT molecular complexity index is 237. The average molecular weight is 150 g/mol. The summed E-state index contributed by atoms with van der Waals surface area (Å²) in [5.74, 6) is 1.30. The maximum Gasteiger partial charge on any atom is 0.108 e. The van der Waals surface area contributed by atoms with Crippen LogP contribution in [0.1, 0.15) is 31.3 Å². The molecule has 0 amide bonds. The summed E-state index contributed by atoms with van der Waals surface area (Å²) in [6.07, 6.45) is 6.98. The van der Waals surface area contributed by atoms with Gasteiger partial charge < -0.3 is 4.57 Å². The summed E-state index contributed by atoms with van der Waals surface area (Å²) in [5.41, 5.74) is 1.40. The molecule has 1 aromatic rings. The summed E-state index contributed by atoms with van der Waals surface area (Å²) in [6, 6.07) is 0. The van der Waals surface area contributed by atoms with E-state index in [9.17, 15) is 0 Å². The molecule has 11 heavy (non-hydrogen) atoms. The van der Waals surface area contributed by atoms with Crippen LogP contribution in [-0.4, -0.2) is 9.55 Å². The largest absolute Gasteiger partial charge is 0.332 e. The van der Waals surface area contributed by atoms with E-state index in [1.54, 1.807) is 0 Å². The van der Waals surface area contributed by atoms with E-state index < -0.39 is 0 Å². The Morgan fingerprint density at radius 2 is 2.45 bits per heavy atom. The van der Waals surface area contributed by atoms with Crippen molar-refractivity contribution in [2.75, 3.05) is 0 Å². The molecule has 0 bridgehead atoms. The summed E-state index contributed by atoms with van der Waals surface area (Å²) in [4.78, 5) is 4.39. The molecule has 0 saturated carbocycles. The molecule has 0 fully saturated rings. The predicted molar refractivity (Wildman–Crippen MR) is 44.5 cm³/mol. The van der Waals surface area contributed by atoms with Gasteiger partial charge in [0.15, 0.2) is 0 Å². The van der Waals surface area contributed by atoms with Gasteiger partial charge in [-0.25, -0.2) is 4.98 Å². The fourth-order valence-corrected chi connectivity index (χ4v) is 1.76. The number of hydrogen-bond acceptors (Lipinski definition) is 1. The van der Waals surface area contributed by atoms with E-state index in [1.165, 1.54) is 37.3 Å². The smallest absolute Gasteiger partial charge is 0.108 e. The van der Waals surface area contributed by atoms with Crippen LogP contribution in [0.25, 0.3) is 0 Å². The highest BCUT2D eigenvalue weighted by molar-refractivity contribution is 5.07. The van der Waals surface area contributed by atoms with Crippen molar-refractivity contribution in [3.05, 3.63) is 17.7 Å². The van der Waals surface area contributed by atoms with Crippen molar-refractivity contribution in [2.45, 2.75) is 39.2 Å². The normalized spacial score (nSPS) is 16.5. The average Bonchev–Trinajstić information content (AvgIpc) is 2.47. The number of imidazole rings is 1. The number of aromatic nitrogens is 2. The molecule has 2 nitrogen and oxygen atoms in total. The zero-order valence-corrected chi connectivity index (χ0v) is 7.01. The molecule has 0 aromatic carbocycles. The molecule has 1 aliphatic rings. The van der Waals surface area contributed by atoms with Crippen LogP contribution >= 0.6 is 0 Å². The number of hydrogen-bond donors (Lipinski definition) is 0. The van der Waals surface area contributed by atoms with Crippen molar-refractivity contribution in [3.8, 4) is 0 Å². The Morgan fingerprint density at radius 1 is 1.55 bits per heavy atom. The fourth-order valence-electron chi connectivity index (χ4n) is 1.76. The zero-order chi connectivity index (χ0) is 7.68. The van der Waals surface area contributed by atoms with Gasteiger partial charge in [0, 0.05) is 24.9 Å². The molecule has 1 aromatic heterocycles. The van der Waals surface area contributed by atoms with Gasteiger partial charge in [0.05, 0.1) is 0 Å². The Balaban J connectivity index is 2.38. The minimum absolute atomic E-state index is 1.12. The summed E-state index contributed by atoms with van der Waals surface area (Å²) in [5, 5.41) is 0. The molecular formula is C9H14N2. The minimum atomic E-state index is 1.12. The van der Waals surface area contributed by atoms with Gasteiger partial charge in [-0.3, -0.25) is 0 Å². The number of rotatable bonds is 1. The first-order chi connectivity index (χ1) is 5.42. The van der Waals surface area contributed by atoms with Gasteiger partial charge in [-0.1, -0.05) is 6.92 Å². The highest BCUT2D eigenvalue weighted by Gasteiger charge is 2.11. The molecular weight excluding hydrogens is 136 g/mol. The molecule has 0 N–H and O–H groups in total. The Labute approximate surface area is 67.3 Å². The quantitative estimate of drug-likeness (QED) is 0.596. The second kappa shape index (κ2) is 2.68. The van der Waals surface area contributed by atoms with E-state index in [-0.39, 0.29) is 0 Å². The van der Waals surface area contributed by atoms with Gasteiger partial charge in [0.1, 0.15) is 5.82 Å². The lowest BCUT2D eigenvalue weighted by atomic mass is 10.1. The first-order valence-corrected chi connectivity index (χ1v) is 4.45. The van der Waals surface area contributed by atoms with E-state index in [4.69, 9.17) is 0 Å². The Kier molecular flexibility index (Phi) is 1.68. The number of aryl methyl sites for hydroxylation is 2. The lowest BCUT2D eigenvalue weighted by molar-refractivity contribution is 0.509. The third-order valence-electron chi connectivity index (χ3n) is 2.42. The Hall–Kier alpha value is -0.790. The lowest BCUT2D eigenvalue weighted by Crippen LogP contribution is -2.12. The van der Waals surface area contributed by atoms with Crippen LogP contribution in [0, 0.1) is 0 Å². The molecule has 60 valence electrons. The zero-order valence-electron chi connectivity index (χ0n) is 7.01. The molecule has 0 unspecified atom stereocenters. The molecule has 0 spiro atoms. The van der Waals surface area contributed by atoms with Crippen molar-refractivity contribution >= 4 is 0 Å². The summed E-state index contributed by atoms with van der Waals surface area (Å²) < 4.78 is 2.38. The van der Waals surface area contributed by atoms with Crippen molar-refractivity contribution in [3.63, 3.8) is 0 Å². The van der Waals surface area contributed by atoms with Crippen molar-refractivity contribution in [1.82, 2.24) is 9.55 Å². The number of nitrogens with zero attached hydrogens (tertiary/aromatic N) is 2. The first-order valence-electron chi connectivity index (χ1n) is 4.45. The van der Waals surface area contributed by atoms with Gasteiger partial charge in [0.2, 0.25) is 0 Å². The third-order valence-corrected chi connectivity index (χ3v) is 2.42. The van der Waals surface area contributed by atoms with Crippen LogP contribution in [0.5, 0.6) is 0 Å². The van der Waals surface area contributed by atoms with Gasteiger partial charge in [-0.15, -0.1) is 0 Å². The van der Waals surface area contributed by atoms with Crippen molar-refractivity contribution < 1.29 is 0 Å². The molecule has 1 aliphatic heterocycles. The minimum Gasteiger partial charge on any atom is -0.332 e. The lowest BCUT2D eigenvalue weighted by Gasteiger charge is -2.15. The van der Waals surface area contributed by atoms with Gasteiger partial charge >= 0.3 is 0 Å². The third kappa shape index (κ3) is 1.06. The second-order valence-electron chi connectivity index (χ2n) is 3.13. The van der Waals surface area contributed by atoms with Crippen LogP contribution < -0.4 is 0 Å². The van der Waals surface area contributed by atoms with E-state index in [2.05, 4.69) is 16.5 Å². The molecule has 0 saturated heterocycles. The standard InChI is InChI=1S/C9H14N2/c1-2-8-7-10-9-5-3-4-6-11(8)9/h7H,2-6H2,1H3. The summed E-state index contributed by atoms with van der Waals surface area (Å²) >= 11 is 0. The highest BCUT2D eigenvalue weighted by Crippen LogP contribution is 2.15. The van der Waals surface area contributed by atoms with E-state index in [1.807, 2.05) is 6.20 Å². The Morgan fingerprint density at radius 3 is 3.27 bits per heavy atom.